The maximum Gasteiger partial charge on any atom is 0.269 e. The van der Waals surface area contributed by atoms with Gasteiger partial charge in [-0.05, 0) is 31.5 Å². The molecular formula is C14H21N3O2. The van der Waals surface area contributed by atoms with Crippen molar-refractivity contribution in [1.29, 1.82) is 0 Å². The molecule has 1 aliphatic rings. The van der Waals surface area contributed by atoms with E-state index in [9.17, 15) is 10.1 Å². The van der Waals surface area contributed by atoms with Crippen LogP contribution in [-0.4, -0.2) is 35.5 Å². The quantitative estimate of drug-likeness (QED) is 0.653. The molecule has 0 spiro atoms. The molecule has 1 saturated heterocycles. The molecule has 0 radical (unpaired) electrons. The van der Waals surface area contributed by atoms with Crippen molar-refractivity contribution >= 4 is 5.69 Å². The van der Waals surface area contributed by atoms with E-state index < -0.39 is 0 Å². The predicted molar refractivity (Wildman–Crippen MR) is 75.1 cm³/mol. The summed E-state index contributed by atoms with van der Waals surface area (Å²) in [4.78, 5) is 12.7. The Hall–Kier alpha value is -1.46. The molecular weight excluding hydrogens is 242 g/mol. The van der Waals surface area contributed by atoms with E-state index in [1.165, 1.54) is 12.8 Å². The van der Waals surface area contributed by atoms with E-state index in [1.54, 1.807) is 12.1 Å². The fraction of sp³-hybridized carbons (Fsp3) is 0.571. The maximum atomic E-state index is 10.6. The van der Waals surface area contributed by atoms with Crippen molar-refractivity contribution in [2.45, 2.75) is 32.4 Å². The van der Waals surface area contributed by atoms with Crippen LogP contribution in [0.3, 0.4) is 0 Å². The predicted octanol–water partition coefficient (Wildman–Crippen LogP) is 2.17. The first-order valence-electron chi connectivity index (χ1n) is 6.89. The van der Waals surface area contributed by atoms with Crippen LogP contribution in [0.5, 0.6) is 0 Å². The monoisotopic (exact) mass is 263 g/mol. The van der Waals surface area contributed by atoms with Crippen LogP contribution in [0.15, 0.2) is 24.3 Å². The lowest BCUT2D eigenvalue weighted by atomic mass is 10.0. The van der Waals surface area contributed by atoms with Crippen LogP contribution in [0.25, 0.3) is 0 Å². The lowest BCUT2D eigenvalue weighted by molar-refractivity contribution is -0.384. The van der Waals surface area contributed by atoms with E-state index in [1.807, 2.05) is 12.1 Å². The smallest absolute Gasteiger partial charge is 0.269 e. The molecule has 2 rings (SSSR count). The average molecular weight is 263 g/mol. The van der Waals surface area contributed by atoms with Gasteiger partial charge in [-0.2, -0.15) is 0 Å². The van der Waals surface area contributed by atoms with Crippen molar-refractivity contribution in [3.05, 3.63) is 39.9 Å². The molecule has 1 N–H and O–H groups in total. The van der Waals surface area contributed by atoms with Gasteiger partial charge in [0.25, 0.3) is 5.69 Å². The number of nitrogens with zero attached hydrogens (tertiary/aromatic N) is 2. The normalized spacial score (nSPS) is 19.6. The van der Waals surface area contributed by atoms with E-state index >= 15 is 0 Å². The summed E-state index contributed by atoms with van der Waals surface area (Å²) >= 11 is 0. The summed E-state index contributed by atoms with van der Waals surface area (Å²) < 4.78 is 0. The van der Waals surface area contributed by atoms with E-state index in [0.717, 1.165) is 31.7 Å². The highest BCUT2D eigenvalue weighted by Crippen LogP contribution is 2.17. The Morgan fingerprint density at radius 2 is 2.16 bits per heavy atom. The zero-order valence-corrected chi connectivity index (χ0v) is 11.3. The highest BCUT2D eigenvalue weighted by molar-refractivity contribution is 5.32. The third-order valence-electron chi connectivity index (χ3n) is 3.73. The van der Waals surface area contributed by atoms with E-state index in [-0.39, 0.29) is 10.6 Å². The minimum atomic E-state index is -0.355. The number of benzene rings is 1. The van der Waals surface area contributed by atoms with Crippen LogP contribution >= 0.6 is 0 Å². The fourth-order valence-corrected chi connectivity index (χ4v) is 2.60. The van der Waals surface area contributed by atoms with Gasteiger partial charge in [0.05, 0.1) is 4.92 Å². The first kappa shape index (κ1) is 14.0. The number of piperidine rings is 1. The molecule has 0 bridgehead atoms. The van der Waals surface area contributed by atoms with Crippen LogP contribution in [0.1, 0.15) is 25.3 Å². The summed E-state index contributed by atoms with van der Waals surface area (Å²) in [5.41, 5.74) is 1.30. The molecule has 1 aliphatic heterocycles. The lowest BCUT2D eigenvalue weighted by Gasteiger charge is -2.33. The van der Waals surface area contributed by atoms with Crippen molar-refractivity contribution in [2.75, 3.05) is 19.6 Å². The third-order valence-corrected chi connectivity index (χ3v) is 3.73. The number of rotatable bonds is 5. The highest BCUT2D eigenvalue weighted by Gasteiger charge is 2.19. The number of hydrogen-bond donors (Lipinski definition) is 1. The molecule has 1 fully saturated rings. The van der Waals surface area contributed by atoms with Crippen molar-refractivity contribution in [3.63, 3.8) is 0 Å². The summed E-state index contributed by atoms with van der Waals surface area (Å²) in [7, 11) is 0. The molecule has 0 saturated carbocycles. The average Bonchev–Trinajstić information content (AvgIpc) is 2.46. The number of nitro benzene ring substituents is 1. The molecule has 1 aromatic rings. The second kappa shape index (κ2) is 6.63. The van der Waals surface area contributed by atoms with Gasteiger partial charge in [-0.1, -0.05) is 19.1 Å². The minimum Gasteiger partial charge on any atom is -0.315 e. The van der Waals surface area contributed by atoms with Crippen LogP contribution in [0, 0.1) is 10.1 Å². The lowest BCUT2D eigenvalue weighted by Crippen LogP contribution is -2.45. The van der Waals surface area contributed by atoms with Gasteiger partial charge in [0.1, 0.15) is 0 Å². The van der Waals surface area contributed by atoms with Gasteiger partial charge >= 0.3 is 0 Å². The van der Waals surface area contributed by atoms with Crippen molar-refractivity contribution in [1.82, 2.24) is 10.2 Å². The second-order valence-corrected chi connectivity index (χ2v) is 4.99. The third kappa shape index (κ3) is 3.75. The van der Waals surface area contributed by atoms with Gasteiger partial charge in [0.2, 0.25) is 0 Å². The van der Waals surface area contributed by atoms with Crippen molar-refractivity contribution in [2.24, 2.45) is 0 Å². The van der Waals surface area contributed by atoms with E-state index in [4.69, 9.17) is 0 Å². The van der Waals surface area contributed by atoms with E-state index in [2.05, 4.69) is 17.1 Å². The molecule has 1 heterocycles. The summed E-state index contributed by atoms with van der Waals surface area (Å²) in [5.74, 6) is 0. The SMILES string of the molecule is CCN(Cc1ccc([N+](=O)[O-])cc1)C1CCCNC1. The van der Waals surface area contributed by atoms with Gasteiger partial charge < -0.3 is 5.32 Å². The Morgan fingerprint density at radius 3 is 2.68 bits per heavy atom. The van der Waals surface area contributed by atoms with Gasteiger partial charge in [0, 0.05) is 31.3 Å². The molecule has 104 valence electrons. The van der Waals surface area contributed by atoms with Crippen LogP contribution in [0.2, 0.25) is 0 Å². The Balaban J connectivity index is 1.99. The zero-order valence-electron chi connectivity index (χ0n) is 11.3. The molecule has 19 heavy (non-hydrogen) atoms. The number of nitrogens with one attached hydrogen (secondary N) is 1. The molecule has 1 atom stereocenters. The first-order chi connectivity index (χ1) is 9.20. The largest absolute Gasteiger partial charge is 0.315 e. The zero-order chi connectivity index (χ0) is 13.7. The Morgan fingerprint density at radius 1 is 1.42 bits per heavy atom. The first-order valence-corrected chi connectivity index (χ1v) is 6.89. The maximum absolute atomic E-state index is 10.6. The molecule has 0 aromatic heterocycles. The molecule has 0 aliphatic carbocycles. The minimum absolute atomic E-state index is 0.158. The van der Waals surface area contributed by atoms with Crippen LogP contribution in [-0.2, 0) is 6.54 Å². The van der Waals surface area contributed by atoms with Gasteiger partial charge in [-0.15, -0.1) is 0 Å². The molecule has 5 nitrogen and oxygen atoms in total. The molecule has 0 amide bonds. The standard InChI is InChI=1S/C14H21N3O2/c1-2-16(14-4-3-9-15-10-14)11-12-5-7-13(8-6-12)17(18)19/h5-8,14-15H,2-4,9-11H2,1H3. The highest BCUT2D eigenvalue weighted by atomic mass is 16.6. The molecule has 5 heteroatoms. The number of likely N-dealkylation sites (N-methyl/N-ethyl adjacent to an activating group) is 1. The summed E-state index contributed by atoms with van der Waals surface area (Å²) in [5, 5.41) is 14.1. The summed E-state index contributed by atoms with van der Waals surface area (Å²) in [6.45, 7) is 6.19. The topological polar surface area (TPSA) is 58.4 Å². The van der Waals surface area contributed by atoms with Crippen LogP contribution < -0.4 is 5.32 Å². The Labute approximate surface area is 113 Å². The number of non-ortho nitro benzene ring substituents is 1. The fourth-order valence-electron chi connectivity index (χ4n) is 2.60. The number of nitro groups is 1. The Kier molecular flexibility index (Phi) is 4.87. The number of hydrogen-bond acceptors (Lipinski definition) is 4. The molecule has 1 aromatic carbocycles. The summed E-state index contributed by atoms with van der Waals surface area (Å²) in [6, 6.07) is 7.47. The molecule has 1 unspecified atom stereocenters. The van der Waals surface area contributed by atoms with Crippen molar-refractivity contribution < 1.29 is 4.92 Å². The van der Waals surface area contributed by atoms with E-state index in [0.29, 0.717) is 6.04 Å². The van der Waals surface area contributed by atoms with Gasteiger partial charge in [0.15, 0.2) is 0 Å². The second-order valence-electron chi connectivity index (χ2n) is 4.99. The van der Waals surface area contributed by atoms with Gasteiger partial charge in [-0.25, -0.2) is 0 Å². The Bertz CT molecular complexity index is 413. The van der Waals surface area contributed by atoms with Crippen LogP contribution in [0.4, 0.5) is 5.69 Å². The summed E-state index contributed by atoms with van der Waals surface area (Å²) in [6.07, 6.45) is 2.45. The van der Waals surface area contributed by atoms with Crippen molar-refractivity contribution in [3.8, 4) is 0 Å². The van der Waals surface area contributed by atoms with Gasteiger partial charge in [-0.3, -0.25) is 15.0 Å².